The summed E-state index contributed by atoms with van der Waals surface area (Å²) in [5, 5.41) is 0. The molecule has 0 atom stereocenters. The zero-order chi connectivity index (χ0) is 9.97. The maximum Gasteiger partial charge on any atom is 0.329 e. The monoisotopic (exact) mass is 193 g/mol. The van der Waals surface area contributed by atoms with Crippen LogP contribution in [0.4, 0.5) is 4.79 Å². The molecule has 1 fully saturated rings. The number of amides is 1. The summed E-state index contributed by atoms with van der Waals surface area (Å²) in [7, 11) is 1.85. The molecule has 4 heteroatoms. The Morgan fingerprint density at radius 2 is 2.43 bits per heavy atom. The van der Waals surface area contributed by atoms with Gasteiger partial charge in [-0.1, -0.05) is 6.42 Å². The van der Waals surface area contributed by atoms with Crippen LogP contribution in [0.1, 0.15) is 19.3 Å². The number of rotatable bonds is 2. The molecule has 0 spiro atoms. The van der Waals surface area contributed by atoms with E-state index in [4.69, 9.17) is 0 Å². The molecule has 1 aromatic rings. The largest absolute Gasteiger partial charge is 0.329 e. The van der Waals surface area contributed by atoms with Crippen molar-refractivity contribution in [1.82, 2.24) is 14.5 Å². The first kappa shape index (κ1) is 9.24. The molecule has 1 saturated carbocycles. The highest BCUT2D eigenvalue weighted by Gasteiger charge is 2.21. The maximum atomic E-state index is 11.7. The van der Waals surface area contributed by atoms with E-state index < -0.39 is 0 Å². The Balaban J connectivity index is 1.90. The smallest absolute Gasteiger partial charge is 0.327 e. The third kappa shape index (κ3) is 1.78. The average Bonchev–Trinajstić information content (AvgIpc) is 2.62. The molecule has 14 heavy (non-hydrogen) atoms. The van der Waals surface area contributed by atoms with Crippen LogP contribution in [0.25, 0.3) is 0 Å². The Hall–Kier alpha value is -1.32. The van der Waals surface area contributed by atoms with Gasteiger partial charge in [0, 0.05) is 26.0 Å². The van der Waals surface area contributed by atoms with Gasteiger partial charge in [0.15, 0.2) is 0 Å². The van der Waals surface area contributed by atoms with Crippen molar-refractivity contribution in [3.63, 3.8) is 0 Å². The van der Waals surface area contributed by atoms with Crippen LogP contribution < -0.4 is 0 Å². The van der Waals surface area contributed by atoms with Crippen LogP contribution in [0, 0.1) is 5.92 Å². The van der Waals surface area contributed by atoms with Gasteiger partial charge in [-0.25, -0.2) is 9.78 Å². The number of hydrogen-bond acceptors (Lipinski definition) is 2. The van der Waals surface area contributed by atoms with E-state index >= 15 is 0 Å². The minimum atomic E-state index is 0.00870. The summed E-state index contributed by atoms with van der Waals surface area (Å²) in [5.41, 5.74) is 0. The lowest BCUT2D eigenvalue weighted by Crippen LogP contribution is -2.36. The summed E-state index contributed by atoms with van der Waals surface area (Å²) in [5.74, 6) is 0.715. The van der Waals surface area contributed by atoms with Crippen molar-refractivity contribution >= 4 is 6.03 Å². The third-order valence-electron chi connectivity index (χ3n) is 2.81. The molecule has 76 valence electrons. The van der Waals surface area contributed by atoms with Crippen molar-refractivity contribution in [3.05, 3.63) is 18.7 Å². The van der Waals surface area contributed by atoms with Gasteiger partial charge < -0.3 is 4.90 Å². The molecule has 1 heterocycles. The molecule has 1 aliphatic rings. The van der Waals surface area contributed by atoms with E-state index in [0.29, 0.717) is 5.92 Å². The fourth-order valence-electron chi connectivity index (χ4n) is 1.71. The quantitative estimate of drug-likeness (QED) is 0.715. The lowest BCUT2D eigenvalue weighted by Gasteiger charge is -2.29. The summed E-state index contributed by atoms with van der Waals surface area (Å²) in [6.45, 7) is 0.872. The number of aromatic nitrogens is 2. The standard InChI is InChI=1S/C10H15N3O/c1-12(7-9-3-2-4-9)10(14)13-6-5-11-8-13/h5-6,8-9H,2-4,7H2,1H3. The molecule has 1 amide bonds. The number of hydrogen-bond donors (Lipinski definition) is 0. The Kier molecular flexibility index (Phi) is 2.52. The topological polar surface area (TPSA) is 38.1 Å². The van der Waals surface area contributed by atoms with Gasteiger partial charge in [-0.05, 0) is 18.8 Å². The summed E-state index contributed by atoms with van der Waals surface area (Å²) < 4.78 is 1.51. The van der Waals surface area contributed by atoms with Crippen molar-refractivity contribution in [3.8, 4) is 0 Å². The second-order valence-corrected chi connectivity index (χ2v) is 3.93. The fourth-order valence-corrected chi connectivity index (χ4v) is 1.71. The van der Waals surface area contributed by atoms with E-state index in [2.05, 4.69) is 4.98 Å². The zero-order valence-corrected chi connectivity index (χ0v) is 8.39. The number of imidazole rings is 1. The first-order chi connectivity index (χ1) is 6.77. The highest BCUT2D eigenvalue weighted by molar-refractivity contribution is 5.76. The van der Waals surface area contributed by atoms with Crippen molar-refractivity contribution in [2.45, 2.75) is 19.3 Å². The lowest BCUT2D eigenvalue weighted by atomic mass is 9.85. The Bertz CT molecular complexity index is 303. The predicted octanol–water partition coefficient (Wildman–Crippen LogP) is 1.58. The number of carbonyl (C=O) groups is 1. The minimum absolute atomic E-state index is 0.00870. The summed E-state index contributed by atoms with van der Waals surface area (Å²) >= 11 is 0. The van der Waals surface area contributed by atoms with E-state index in [1.54, 1.807) is 23.6 Å². The van der Waals surface area contributed by atoms with Crippen LogP contribution in [0.3, 0.4) is 0 Å². The van der Waals surface area contributed by atoms with Gasteiger partial charge in [-0.15, -0.1) is 0 Å². The van der Waals surface area contributed by atoms with Gasteiger partial charge >= 0.3 is 6.03 Å². The van der Waals surface area contributed by atoms with Crippen LogP contribution >= 0.6 is 0 Å². The molecule has 0 N–H and O–H groups in total. The molecule has 1 aromatic heterocycles. The zero-order valence-electron chi connectivity index (χ0n) is 8.39. The Labute approximate surface area is 83.5 Å². The molecule has 4 nitrogen and oxygen atoms in total. The third-order valence-corrected chi connectivity index (χ3v) is 2.81. The first-order valence-corrected chi connectivity index (χ1v) is 5.01. The normalized spacial score (nSPS) is 16.4. The van der Waals surface area contributed by atoms with Crippen molar-refractivity contribution in [2.24, 2.45) is 5.92 Å². The van der Waals surface area contributed by atoms with Crippen LogP contribution in [-0.4, -0.2) is 34.1 Å². The molecule has 0 aromatic carbocycles. The maximum absolute atomic E-state index is 11.7. The predicted molar refractivity (Wildman–Crippen MR) is 53.0 cm³/mol. The van der Waals surface area contributed by atoms with Gasteiger partial charge in [0.05, 0.1) is 0 Å². The molecule has 0 bridgehead atoms. The first-order valence-electron chi connectivity index (χ1n) is 5.01. The van der Waals surface area contributed by atoms with E-state index in [0.717, 1.165) is 6.54 Å². The van der Waals surface area contributed by atoms with E-state index in [9.17, 15) is 4.79 Å². The van der Waals surface area contributed by atoms with Gasteiger partial charge in [0.2, 0.25) is 0 Å². The Morgan fingerprint density at radius 1 is 1.64 bits per heavy atom. The van der Waals surface area contributed by atoms with Crippen molar-refractivity contribution in [1.29, 1.82) is 0 Å². The molecule has 2 rings (SSSR count). The lowest BCUT2D eigenvalue weighted by molar-refractivity contribution is 0.184. The van der Waals surface area contributed by atoms with E-state index in [1.165, 1.54) is 23.8 Å². The van der Waals surface area contributed by atoms with E-state index in [1.807, 2.05) is 7.05 Å². The fraction of sp³-hybridized carbons (Fsp3) is 0.600. The molecule has 0 aliphatic heterocycles. The molecule has 1 aliphatic carbocycles. The van der Waals surface area contributed by atoms with Crippen molar-refractivity contribution in [2.75, 3.05) is 13.6 Å². The highest BCUT2D eigenvalue weighted by atomic mass is 16.2. The van der Waals surface area contributed by atoms with Gasteiger partial charge in [0.25, 0.3) is 0 Å². The molecule has 0 saturated heterocycles. The molecular weight excluding hydrogens is 178 g/mol. The SMILES string of the molecule is CN(CC1CCC1)C(=O)n1ccnc1. The average molecular weight is 193 g/mol. The van der Waals surface area contributed by atoms with Crippen LogP contribution in [-0.2, 0) is 0 Å². The Morgan fingerprint density at radius 3 is 2.93 bits per heavy atom. The highest BCUT2D eigenvalue weighted by Crippen LogP contribution is 2.26. The number of nitrogens with zero attached hydrogens (tertiary/aromatic N) is 3. The molecule has 0 unspecified atom stereocenters. The molecule has 0 radical (unpaired) electrons. The van der Waals surface area contributed by atoms with Crippen LogP contribution in [0.2, 0.25) is 0 Å². The van der Waals surface area contributed by atoms with Gasteiger partial charge in [-0.2, -0.15) is 0 Å². The minimum Gasteiger partial charge on any atom is -0.327 e. The van der Waals surface area contributed by atoms with E-state index in [-0.39, 0.29) is 6.03 Å². The summed E-state index contributed by atoms with van der Waals surface area (Å²) in [4.78, 5) is 17.4. The van der Waals surface area contributed by atoms with Crippen molar-refractivity contribution < 1.29 is 4.79 Å². The second-order valence-electron chi connectivity index (χ2n) is 3.93. The molecular formula is C10H15N3O. The summed E-state index contributed by atoms with van der Waals surface area (Å²) in [6.07, 6.45) is 8.69. The van der Waals surface area contributed by atoms with Gasteiger partial charge in [0.1, 0.15) is 6.33 Å². The van der Waals surface area contributed by atoms with Gasteiger partial charge in [-0.3, -0.25) is 4.57 Å². The summed E-state index contributed by atoms with van der Waals surface area (Å²) in [6, 6.07) is 0.00870. The second kappa shape index (κ2) is 3.82. The van der Waals surface area contributed by atoms with Crippen LogP contribution in [0.5, 0.6) is 0 Å². The van der Waals surface area contributed by atoms with Crippen LogP contribution in [0.15, 0.2) is 18.7 Å². The number of carbonyl (C=O) groups excluding carboxylic acids is 1.